The van der Waals surface area contributed by atoms with Gasteiger partial charge in [-0.1, -0.05) is 31.2 Å². The summed E-state index contributed by atoms with van der Waals surface area (Å²) in [6.07, 6.45) is 4.10. The number of anilines is 2. The van der Waals surface area contributed by atoms with Crippen molar-refractivity contribution in [2.75, 3.05) is 42.4 Å². The molecule has 0 spiro atoms. The average Bonchev–Trinajstić information content (AvgIpc) is 3.37. The van der Waals surface area contributed by atoms with E-state index in [-0.39, 0.29) is 0 Å². The van der Waals surface area contributed by atoms with Gasteiger partial charge >= 0.3 is 0 Å². The van der Waals surface area contributed by atoms with E-state index < -0.39 is 10.0 Å². The van der Waals surface area contributed by atoms with Gasteiger partial charge in [0, 0.05) is 55.4 Å². The summed E-state index contributed by atoms with van der Waals surface area (Å²) in [4.78, 5) is 18.7. The van der Waals surface area contributed by atoms with Crippen LogP contribution in [0.4, 0.5) is 11.5 Å². The van der Waals surface area contributed by atoms with Crippen LogP contribution in [-0.4, -0.2) is 61.5 Å². The summed E-state index contributed by atoms with van der Waals surface area (Å²) in [5.41, 5.74) is 3.45. The summed E-state index contributed by atoms with van der Waals surface area (Å²) in [6, 6.07) is 17.5. The number of thiophene rings is 1. The van der Waals surface area contributed by atoms with Crippen LogP contribution >= 0.6 is 22.7 Å². The van der Waals surface area contributed by atoms with Gasteiger partial charge in [-0.15, -0.1) is 22.7 Å². The fourth-order valence-electron chi connectivity index (χ4n) is 5.06. The molecule has 1 N–H and O–H groups in total. The molecule has 42 heavy (non-hydrogen) atoms. The molecule has 5 aromatic rings. The molecule has 1 saturated carbocycles. The number of benzene rings is 1. The number of sulfonamides is 1. The number of H-pyrrole nitrogens is 1. The smallest absolute Gasteiger partial charge is 0.273 e. The molecular weight excluding hydrogens is 585 g/mol. The summed E-state index contributed by atoms with van der Waals surface area (Å²) >= 11 is 2.94. The maximum absolute atomic E-state index is 13.7. The molecule has 1 aliphatic carbocycles. The number of nitrogens with zero attached hydrogens (tertiary/aromatic N) is 5. The Hall–Kier alpha value is -3.25. The van der Waals surface area contributed by atoms with Crippen LogP contribution in [-0.2, 0) is 16.6 Å². The summed E-state index contributed by atoms with van der Waals surface area (Å²) in [6.45, 7) is 8.26. The van der Waals surface area contributed by atoms with E-state index in [0.717, 1.165) is 72.1 Å². The molecule has 0 unspecified atom stereocenters. The predicted octanol–water partition coefficient (Wildman–Crippen LogP) is 6.62. The van der Waals surface area contributed by atoms with Crippen LogP contribution in [0.25, 0.3) is 21.6 Å². The molecule has 0 radical (unpaired) electrons. The number of aromatic amines is 1. The highest BCUT2D eigenvalue weighted by Crippen LogP contribution is 2.39. The van der Waals surface area contributed by atoms with Gasteiger partial charge in [-0.05, 0) is 67.9 Å². The molecule has 0 saturated heterocycles. The van der Waals surface area contributed by atoms with E-state index in [1.165, 1.54) is 16.2 Å². The quantitative estimate of drug-likeness (QED) is 0.159. The van der Waals surface area contributed by atoms with Crippen molar-refractivity contribution in [3.05, 3.63) is 76.7 Å². The number of hydrogen-bond donors (Lipinski definition) is 1. The zero-order valence-corrected chi connectivity index (χ0v) is 26.6. The van der Waals surface area contributed by atoms with Gasteiger partial charge in [0.2, 0.25) is 0 Å². The number of fused-ring (bicyclic) bond motifs is 1. The first-order valence-electron chi connectivity index (χ1n) is 14.3. The highest BCUT2D eigenvalue weighted by atomic mass is 32.2. The second-order valence-corrected chi connectivity index (χ2v) is 15.0. The van der Waals surface area contributed by atoms with Crippen LogP contribution in [0.3, 0.4) is 0 Å². The SMILES string of the molecule is CCN(CCN(C)c1cccc(C)n1)Cc1cnc(-c2cc3cccc(N(CC4CC4)S(=O)(=O)c4cccs4)c3[nH]2)s1. The van der Waals surface area contributed by atoms with Crippen LogP contribution < -0.4 is 9.21 Å². The number of nitrogens with one attached hydrogen (secondary N) is 1. The van der Waals surface area contributed by atoms with Crippen LogP contribution in [0.5, 0.6) is 0 Å². The Balaban J connectivity index is 1.20. The van der Waals surface area contributed by atoms with Gasteiger partial charge in [0.25, 0.3) is 10.0 Å². The first-order chi connectivity index (χ1) is 20.3. The maximum atomic E-state index is 13.7. The van der Waals surface area contributed by atoms with E-state index >= 15 is 0 Å². The highest BCUT2D eigenvalue weighted by Gasteiger charge is 2.33. The molecule has 1 aliphatic rings. The highest BCUT2D eigenvalue weighted by molar-refractivity contribution is 7.94. The number of rotatable bonds is 13. The lowest BCUT2D eigenvalue weighted by atomic mass is 10.2. The Kier molecular flexibility index (Phi) is 8.35. The van der Waals surface area contributed by atoms with E-state index in [9.17, 15) is 8.42 Å². The molecule has 0 atom stereocenters. The zero-order valence-electron chi connectivity index (χ0n) is 24.2. The molecular formula is C31H36N6O2S3. The number of para-hydroxylation sites is 1. The van der Waals surface area contributed by atoms with E-state index in [0.29, 0.717) is 22.4 Å². The number of thiazole rings is 1. The molecule has 8 nitrogen and oxygen atoms in total. The van der Waals surface area contributed by atoms with Crippen molar-refractivity contribution < 1.29 is 8.42 Å². The number of hydrogen-bond acceptors (Lipinski definition) is 8. The Bertz CT molecular complexity index is 1760. The maximum Gasteiger partial charge on any atom is 0.273 e. The van der Waals surface area contributed by atoms with Crippen molar-refractivity contribution in [2.45, 2.75) is 37.4 Å². The van der Waals surface area contributed by atoms with E-state index in [1.807, 2.05) is 54.9 Å². The molecule has 0 amide bonds. The molecule has 1 aromatic carbocycles. The van der Waals surface area contributed by atoms with Crippen LogP contribution in [0.2, 0.25) is 0 Å². The third-order valence-electron chi connectivity index (χ3n) is 7.69. The Morgan fingerprint density at radius 3 is 2.64 bits per heavy atom. The molecule has 6 rings (SSSR count). The minimum absolute atomic E-state index is 0.373. The molecule has 11 heteroatoms. The summed E-state index contributed by atoms with van der Waals surface area (Å²) in [5, 5.41) is 3.69. The predicted molar refractivity (Wildman–Crippen MR) is 174 cm³/mol. The lowest BCUT2D eigenvalue weighted by Gasteiger charge is -2.24. The topological polar surface area (TPSA) is 85.4 Å². The third kappa shape index (κ3) is 6.24. The summed E-state index contributed by atoms with van der Waals surface area (Å²) in [7, 11) is -1.57. The Morgan fingerprint density at radius 2 is 1.90 bits per heavy atom. The average molecular weight is 621 g/mol. The Morgan fingerprint density at radius 1 is 1.07 bits per heavy atom. The van der Waals surface area contributed by atoms with Crippen LogP contribution in [0, 0.1) is 12.8 Å². The van der Waals surface area contributed by atoms with Gasteiger partial charge in [-0.2, -0.15) is 0 Å². The van der Waals surface area contributed by atoms with Gasteiger partial charge in [0.15, 0.2) is 0 Å². The molecule has 220 valence electrons. The number of pyridine rings is 1. The van der Waals surface area contributed by atoms with Gasteiger partial charge < -0.3 is 9.88 Å². The molecule has 0 aliphatic heterocycles. The fourth-order valence-corrected chi connectivity index (χ4v) is 8.65. The molecule has 4 heterocycles. The molecule has 4 aromatic heterocycles. The largest absolute Gasteiger partial charge is 0.358 e. The standard InChI is InChI=1S/C31H36N6O2S3/c1-4-36(16-15-35(3)28-11-5-8-22(2)33-28)21-25-19-32-31(41-25)26-18-24-9-6-10-27(30(24)34-26)37(20-23-13-14-23)42(38,39)29-12-7-17-40-29/h5-12,17-19,23,34H,4,13-16,20-21H2,1-3H3. The zero-order chi connectivity index (χ0) is 29.3. The lowest BCUT2D eigenvalue weighted by Crippen LogP contribution is -2.33. The lowest BCUT2D eigenvalue weighted by molar-refractivity contribution is 0.289. The first kappa shape index (κ1) is 28.9. The second kappa shape index (κ2) is 12.2. The third-order valence-corrected chi connectivity index (χ3v) is 11.9. The van der Waals surface area contributed by atoms with E-state index in [2.05, 4.69) is 39.8 Å². The molecule has 1 fully saturated rings. The van der Waals surface area contributed by atoms with Crippen molar-refractivity contribution in [1.82, 2.24) is 19.9 Å². The van der Waals surface area contributed by atoms with Gasteiger partial charge in [-0.25, -0.2) is 18.4 Å². The monoisotopic (exact) mass is 620 g/mol. The summed E-state index contributed by atoms with van der Waals surface area (Å²) < 4.78 is 29.4. The van der Waals surface area contributed by atoms with Gasteiger partial charge in [0.1, 0.15) is 15.0 Å². The Labute approximate surface area is 255 Å². The number of aryl methyl sites for hydroxylation is 1. The molecule has 0 bridgehead atoms. The number of aromatic nitrogens is 3. The minimum atomic E-state index is -3.65. The van der Waals surface area contributed by atoms with Crippen molar-refractivity contribution in [2.24, 2.45) is 5.92 Å². The minimum Gasteiger partial charge on any atom is -0.358 e. The first-order valence-corrected chi connectivity index (χ1v) is 17.5. The van der Waals surface area contributed by atoms with E-state index in [1.54, 1.807) is 27.8 Å². The van der Waals surface area contributed by atoms with Crippen LogP contribution in [0.15, 0.2) is 70.4 Å². The normalized spacial score (nSPS) is 13.7. The van der Waals surface area contributed by atoms with Crippen LogP contribution in [0.1, 0.15) is 30.3 Å². The van der Waals surface area contributed by atoms with Crippen molar-refractivity contribution in [1.29, 1.82) is 0 Å². The van der Waals surface area contributed by atoms with Gasteiger partial charge in [0.05, 0.1) is 16.9 Å². The van der Waals surface area contributed by atoms with Gasteiger partial charge in [-0.3, -0.25) is 9.21 Å². The van der Waals surface area contributed by atoms with Crippen molar-refractivity contribution in [3.63, 3.8) is 0 Å². The summed E-state index contributed by atoms with van der Waals surface area (Å²) in [5.74, 6) is 1.39. The van der Waals surface area contributed by atoms with E-state index in [4.69, 9.17) is 4.98 Å². The van der Waals surface area contributed by atoms with Crippen molar-refractivity contribution in [3.8, 4) is 10.7 Å². The fraction of sp³-hybridized carbons (Fsp3) is 0.355. The number of likely N-dealkylation sites (N-methyl/N-ethyl adjacent to an activating group) is 2. The second-order valence-electron chi connectivity index (χ2n) is 10.9. The van der Waals surface area contributed by atoms with Crippen molar-refractivity contribution >= 4 is 55.1 Å².